The van der Waals surface area contributed by atoms with E-state index in [2.05, 4.69) is 20.8 Å². The van der Waals surface area contributed by atoms with Gasteiger partial charge in [0.15, 0.2) is 0 Å². The zero-order valence-electron chi connectivity index (χ0n) is 18.0. The number of hydrogen-bond donors (Lipinski definition) is 0. The third kappa shape index (κ3) is 6.64. The number of ether oxygens (including phenoxy) is 2. The van der Waals surface area contributed by atoms with Crippen LogP contribution in [0.3, 0.4) is 0 Å². The standard InChI is InChI=1S/C9H8NO5.3C4H9.Sn/c1-6(11)15-7-3-4-9(14-2)8(5-7)10(12)13;3*1-3-4-2;/h3,5H,1-2H3;3*1,3-4H2,2H3;. The summed E-state index contributed by atoms with van der Waals surface area (Å²) in [5, 5.41) is 11.7. The average molecular weight is 500 g/mol. The minimum absolute atomic E-state index is 0.0955. The second kappa shape index (κ2) is 12.3. The summed E-state index contributed by atoms with van der Waals surface area (Å²) < 4.78 is 15.3. The molecule has 0 N–H and O–H groups in total. The van der Waals surface area contributed by atoms with E-state index >= 15 is 0 Å². The molecule has 158 valence electrons. The van der Waals surface area contributed by atoms with Crippen LogP contribution in [0.5, 0.6) is 11.5 Å². The number of rotatable bonds is 13. The second-order valence-electron chi connectivity index (χ2n) is 7.46. The molecule has 0 aliphatic carbocycles. The fourth-order valence-corrected chi connectivity index (χ4v) is 20.5. The second-order valence-corrected chi connectivity index (χ2v) is 20.6. The van der Waals surface area contributed by atoms with Gasteiger partial charge in [-0.3, -0.25) is 0 Å². The Kier molecular flexibility index (Phi) is 10.9. The van der Waals surface area contributed by atoms with Gasteiger partial charge in [0.25, 0.3) is 0 Å². The molecule has 28 heavy (non-hydrogen) atoms. The molecule has 6 nitrogen and oxygen atoms in total. The molecule has 0 unspecified atom stereocenters. The summed E-state index contributed by atoms with van der Waals surface area (Å²) in [6.45, 7) is 7.87. The van der Waals surface area contributed by atoms with Gasteiger partial charge in [0.2, 0.25) is 0 Å². The van der Waals surface area contributed by atoms with Crippen LogP contribution in [-0.2, 0) is 4.79 Å². The van der Waals surface area contributed by atoms with Gasteiger partial charge in [-0.25, -0.2) is 0 Å². The van der Waals surface area contributed by atoms with Crippen LogP contribution in [0.15, 0.2) is 12.1 Å². The monoisotopic (exact) mass is 501 g/mol. The van der Waals surface area contributed by atoms with Gasteiger partial charge in [0, 0.05) is 0 Å². The summed E-state index contributed by atoms with van der Waals surface area (Å²) in [4.78, 5) is 22.8. The van der Waals surface area contributed by atoms with Crippen molar-refractivity contribution in [3.8, 4) is 11.5 Å². The molecule has 0 atom stereocenters. The molecule has 0 saturated heterocycles. The minimum atomic E-state index is -3.03. The fraction of sp³-hybridized carbons (Fsp3) is 0.667. The Morgan fingerprint density at radius 3 is 1.89 bits per heavy atom. The van der Waals surface area contributed by atoms with Crippen LogP contribution in [0.25, 0.3) is 0 Å². The van der Waals surface area contributed by atoms with Gasteiger partial charge in [-0.1, -0.05) is 0 Å². The molecule has 0 aromatic heterocycles. The predicted octanol–water partition coefficient (Wildman–Crippen LogP) is 5.58. The van der Waals surface area contributed by atoms with Crippen LogP contribution in [0.1, 0.15) is 66.2 Å². The normalized spacial score (nSPS) is 11.3. The van der Waals surface area contributed by atoms with Crippen molar-refractivity contribution in [2.75, 3.05) is 7.11 Å². The molecule has 7 heteroatoms. The molecule has 0 bridgehead atoms. The molecular weight excluding hydrogens is 465 g/mol. The van der Waals surface area contributed by atoms with Gasteiger partial charge < -0.3 is 0 Å². The number of carbonyl (C=O) groups excluding carboxylic acids is 1. The average Bonchev–Trinajstić information content (AvgIpc) is 2.66. The summed E-state index contributed by atoms with van der Waals surface area (Å²) in [5.41, 5.74) is -0.0955. The molecule has 1 aromatic rings. The van der Waals surface area contributed by atoms with Crippen molar-refractivity contribution in [1.29, 1.82) is 0 Å². The van der Waals surface area contributed by atoms with E-state index in [-0.39, 0.29) is 11.4 Å². The van der Waals surface area contributed by atoms with Gasteiger partial charge in [0.05, 0.1) is 0 Å². The van der Waals surface area contributed by atoms with E-state index in [0.29, 0.717) is 5.75 Å². The third-order valence-electron chi connectivity index (χ3n) is 5.30. The Balaban J connectivity index is 3.71. The number of hydrogen-bond acceptors (Lipinski definition) is 5. The van der Waals surface area contributed by atoms with E-state index in [9.17, 15) is 14.9 Å². The molecule has 0 saturated carbocycles. The molecule has 0 amide bonds. The maximum absolute atomic E-state index is 11.7. The molecule has 1 aromatic carbocycles. The zero-order valence-corrected chi connectivity index (χ0v) is 20.9. The van der Waals surface area contributed by atoms with E-state index < -0.39 is 29.3 Å². The topological polar surface area (TPSA) is 78.7 Å². The molecule has 1 rings (SSSR count). The third-order valence-corrected chi connectivity index (χ3v) is 20.8. The number of unbranched alkanes of at least 4 members (excludes halogenated alkanes) is 3. The number of nitro benzene ring substituents is 1. The summed E-state index contributed by atoms with van der Waals surface area (Å²) in [6, 6.07) is 3.20. The first-order valence-electron chi connectivity index (χ1n) is 10.4. The Morgan fingerprint density at radius 1 is 1.04 bits per heavy atom. The van der Waals surface area contributed by atoms with E-state index in [1.807, 2.05) is 6.07 Å². The number of benzene rings is 1. The molecule has 0 heterocycles. The van der Waals surface area contributed by atoms with E-state index in [1.54, 1.807) is 0 Å². The number of carbonyl (C=O) groups is 1. The number of nitrogens with zero attached hydrogens (tertiary/aromatic N) is 1. The van der Waals surface area contributed by atoms with Gasteiger partial charge in [0.1, 0.15) is 0 Å². The van der Waals surface area contributed by atoms with Crippen molar-refractivity contribution >= 4 is 33.6 Å². The van der Waals surface area contributed by atoms with Gasteiger partial charge in [-0.15, -0.1) is 0 Å². The predicted molar refractivity (Wildman–Crippen MR) is 115 cm³/mol. The Hall–Kier alpha value is -1.31. The van der Waals surface area contributed by atoms with Crippen LogP contribution in [0.4, 0.5) is 5.69 Å². The Labute approximate surface area is 173 Å². The zero-order chi connectivity index (χ0) is 21.2. The van der Waals surface area contributed by atoms with Crippen molar-refractivity contribution in [2.45, 2.75) is 79.5 Å². The van der Waals surface area contributed by atoms with Gasteiger partial charge >= 0.3 is 173 Å². The van der Waals surface area contributed by atoms with Gasteiger partial charge in [-0.2, -0.15) is 0 Å². The molecule has 0 spiro atoms. The summed E-state index contributed by atoms with van der Waals surface area (Å²) in [6.07, 6.45) is 6.68. The summed E-state index contributed by atoms with van der Waals surface area (Å²) in [7, 11) is 1.51. The molecular formula is C21H35NO5Sn. The SMILES string of the molecule is CCC[CH2][Sn]([CH2]CCC)([CH2]CCC)[c]1cc(OC(C)=O)cc([N+](=O)[O-])c1OC. The Bertz CT molecular complexity index is 641. The van der Waals surface area contributed by atoms with Crippen molar-refractivity contribution < 1.29 is 19.2 Å². The molecule has 0 aliphatic rings. The quantitative estimate of drug-likeness (QED) is 0.116. The fourth-order valence-electron chi connectivity index (χ4n) is 3.88. The molecule has 0 aliphatic heterocycles. The van der Waals surface area contributed by atoms with Crippen molar-refractivity contribution in [2.24, 2.45) is 0 Å². The Morgan fingerprint density at radius 2 is 1.54 bits per heavy atom. The first-order chi connectivity index (χ1) is 13.3. The van der Waals surface area contributed by atoms with Crippen LogP contribution in [-0.4, -0.2) is 36.4 Å². The number of nitro groups is 1. The van der Waals surface area contributed by atoms with E-state index in [4.69, 9.17) is 9.47 Å². The first-order valence-corrected chi connectivity index (χ1v) is 17.9. The summed E-state index contributed by atoms with van der Waals surface area (Å²) >= 11 is -3.03. The van der Waals surface area contributed by atoms with Crippen LogP contribution in [0.2, 0.25) is 13.3 Å². The van der Waals surface area contributed by atoms with Crippen molar-refractivity contribution in [1.82, 2.24) is 0 Å². The van der Waals surface area contributed by atoms with Gasteiger partial charge in [-0.05, 0) is 0 Å². The van der Waals surface area contributed by atoms with Crippen molar-refractivity contribution in [3.63, 3.8) is 0 Å². The van der Waals surface area contributed by atoms with E-state index in [1.165, 1.54) is 20.1 Å². The van der Waals surface area contributed by atoms with Crippen LogP contribution in [0, 0.1) is 10.1 Å². The van der Waals surface area contributed by atoms with Crippen LogP contribution >= 0.6 is 0 Å². The number of esters is 1. The number of methoxy groups -OCH3 is 1. The van der Waals surface area contributed by atoms with E-state index in [0.717, 1.165) is 55.4 Å². The summed E-state index contributed by atoms with van der Waals surface area (Å²) in [5.74, 6) is 0.183. The molecule has 0 radical (unpaired) electrons. The van der Waals surface area contributed by atoms with Crippen LogP contribution < -0.4 is 13.1 Å². The maximum atomic E-state index is 11.7. The molecule has 0 fully saturated rings. The van der Waals surface area contributed by atoms with Crippen molar-refractivity contribution in [3.05, 3.63) is 22.2 Å². The first kappa shape index (κ1) is 24.7.